The predicted molar refractivity (Wildman–Crippen MR) is 104 cm³/mol. The fraction of sp³-hybridized carbons (Fsp3) is 0.278. The van der Waals surface area contributed by atoms with Crippen molar-refractivity contribution in [1.29, 1.82) is 0 Å². The molecular weight excluding hydrogens is 395 g/mol. The second-order valence-corrected chi connectivity index (χ2v) is 8.80. The van der Waals surface area contributed by atoms with E-state index in [0.717, 1.165) is 12.8 Å². The first-order chi connectivity index (χ1) is 12.4. The standard InChI is InChI=1S/C18H18Cl2N2O3S/c19-16-7-6-14(11-17(16)20)21-12-18(23)13-4-3-5-15(10-13)26(24,25)22-8-1-2-9-22/h3-7,10-11,21H,1-2,8-9,12H2. The number of halogens is 2. The summed E-state index contributed by atoms with van der Waals surface area (Å²) in [5.41, 5.74) is 1.01. The number of benzene rings is 2. The Balaban J connectivity index is 1.72. The molecule has 1 aliphatic rings. The molecule has 0 unspecified atom stereocenters. The number of Topliss-reactive ketones (excluding diaryl/α,β-unsaturated/α-hetero) is 1. The van der Waals surface area contributed by atoms with Gasteiger partial charge in [0.2, 0.25) is 10.0 Å². The molecule has 0 amide bonds. The van der Waals surface area contributed by atoms with Gasteiger partial charge >= 0.3 is 0 Å². The van der Waals surface area contributed by atoms with Crippen LogP contribution in [0.4, 0.5) is 5.69 Å². The molecule has 5 nitrogen and oxygen atoms in total. The van der Waals surface area contributed by atoms with Crippen LogP contribution in [0.1, 0.15) is 23.2 Å². The molecule has 138 valence electrons. The summed E-state index contributed by atoms with van der Waals surface area (Å²) >= 11 is 11.8. The molecular formula is C18H18Cl2N2O3S. The maximum atomic E-state index is 12.6. The maximum absolute atomic E-state index is 12.6. The average Bonchev–Trinajstić information content (AvgIpc) is 3.18. The summed E-state index contributed by atoms with van der Waals surface area (Å²) in [5.74, 6) is -0.213. The lowest BCUT2D eigenvalue weighted by Crippen LogP contribution is -2.28. The predicted octanol–water partition coefficient (Wildman–Crippen LogP) is 4.07. The summed E-state index contributed by atoms with van der Waals surface area (Å²) in [6, 6.07) is 11.2. The van der Waals surface area contributed by atoms with Gasteiger partial charge in [0, 0.05) is 24.3 Å². The van der Waals surface area contributed by atoms with Crippen molar-refractivity contribution in [1.82, 2.24) is 4.31 Å². The molecule has 26 heavy (non-hydrogen) atoms. The van der Waals surface area contributed by atoms with Crippen molar-refractivity contribution in [3.63, 3.8) is 0 Å². The first-order valence-corrected chi connectivity index (χ1v) is 10.4. The van der Waals surface area contributed by atoms with Crippen LogP contribution in [0.25, 0.3) is 0 Å². The van der Waals surface area contributed by atoms with E-state index in [9.17, 15) is 13.2 Å². The van der Waals surface area contributed by atoms with Crippen LogP contribution in [0.2, 0.25) is 10.0 Å². The van der Waals surface area contributed by atoms with E-state index in [2.05, 4.69) is 5.32 Å². The molecule has 1 heterocycles. The van der Waals surface area contributed by atoms with Crippen molar-refractivity contribution >= 4 is 44.7 Å². The minimum atomic E-state index is -3.54. The van der Waals surface area contributed by atoms with Crippen LogP contribution < -0.4 is 5.32 Å². The number of carbonyl (C=O) groups is 1. The summed E-state index contributed by atoms with van der Waals surface area (Å²) in [4.78, 5) is 12.6. The molecule has 0 aliphatic carbocycles. The molecule has 0 bridgehead atoms. The zero-order chi connectivity index (χ0) is 18.7. The van der Waals surface area contributed by atoms with Crippen molar-refractivity contribution in [2.75, 3.05) is 25.0 Å². The van der Waals surface area contributed by atoms with Crippen LogP contribution >= 0.6 is 23.2 Å². The Kier molecular flexibility index (Phi) is 5.87. The number of ketones is 1. The Bertz CT molecular complexity index is 926. The fourth-order valence-electron chi connectivity index (χ4n) is 2.80. The van der Waals surface area contributed by atoms with Gasteiger partial charge in [-0.25, -0.2) is 8.42 Å². The number of anilines is 1. The summed E-state index contributed by atoms with van der Waals surface area (Å²) in [6.45, 7) is 1.07. The van der Waals surface area contributed by atoms with E-state index >= 15 is 0 Å². The first kappa shape index (κ1) is 19.2. The molecule has 1 aliphatic heterocycles. The fourth-order valence-corrected chi connectivity index (χ4v) is 4.66. The van der Waals surface area contributed by atoms with Gasteiger partial charge < -0.3 is 5.32 Å². The van der Waals surface area contributed by atoms with E-state index in [4.69, 9.17) is 23.2 Å². The molecule has 1 saturated heterocycles. The number of hydrogen-bond donors (Lipinski definition) is 1. The second kappa shape index (κ2) is 7.96. The van der Waals surface area contributed by atoms with E-state index in [1.807, 2.05) is 0 Å². The molecule has 2 aromatic rings. The number of hydrogen-bond acceptors (Lipinski definition) is 4. The summed E-state index contributed by atoms with van der Waals surface area (Å²) in [7, 11) is -3.54. The monoisotopic (exact) mass is 412 g/mol. The van der Waals surface area contributed by atoms with Crippen LogP contribution in [0, 0.1) is 0 Å². The quantitative estimate of drug-likeness (QED) is 0.725. The minimum absolute atomic E-state index is 0.0190. The van der Waals surface area contributed by atoms with Gasteiger partial charge in [0.05, 0.1) is 21.5 Å². The first-order valence-electron chi connectivity index (χ1n) is 8.20. The SMILES string of the molecule is O=C(CNc1ccc(Cl)c(Cl)c1)c1cccc(S(=O)(=O)N2CCCC2)c1. The Labute approximate surface area is 163 Å². The molecule has 0 spiro atoms. The molecule has 3 rings (SSSR count). The van der Waals surface area contributed by atoms with Crippen molar-refractivity contribution in [3.05, 3.63) is 58.1 Å². The number of carbonyl (C=O) groups excluding carboxylic acids is 1. The van der Waals surface area contributed by atoms with Crippen molar-refractivity contribution in [3.8, 4) is 0 Å². The van der Waals surface area contributed by atoms with Crippen LogP contribution in [0.3, 0.4) is 0 Å². The number of sulfonamides is 1. The molecule has 2 aromatic carbocycles. The van der Waals surface area contributed by atoms with Crippen LogP contribution in [-0.4, -0.2) is 38.1 Å². The molecule has 0 atom stereocenters. The van der Waals surface area contributed by atoms with Crippen LogP contribution in [-0.2, 0) is 10.0 Å². The second-order valence-electron chi connectivity index (χ2n) is 6.04. The third kappa shape index (κ3) is 4.20. The van der Waals surface area contributed by atoms with Gasteiger partial charge in [0.1, 0.15) is 0 Å². The Hall–Kier alpha value is -1.60. The lowest BCUT2D eigenvalue weighted by molar-refractivity contribution is 0.101. The number of nitrogens with one attached hydrogen (secondary N) is 1. The Morgan fingerprint density at radius 3 is 2.46 bits per heavy atom. The summed E-state index contributed by atoms with van der Waals surface area (Å²) in [5, 5.41) is 3.80. The summed E-state index contributed by atoms with van der Waals surface area (Å²) < 4.78 is 26.7. The molecule has 0 aromatic heterocycles. The third-order valence-electron chi connectivity index (χ3n) is 4.23. The molecule has 0 saturated carbocycles. The van der Waals surface area contributed by atoms with Crippen molar-refractivity contribution in [2.24, 2.45) is 0 Å². The largest absolute Gasteiger partial charge is 0.378 e. The maximum Gasteiger partial charge on any atom is 0.243 e. The highest BCUT2D eigenvalue weighted by Gasteiger charge is 2.27. The molecule has 0 radical (unpaired) electrons. The normalized spacial score (nSPS) is 15.2. The smallest absolute Gasteiger partial charge is 0.243 e. The molecule has 1 N–H and O–H groups in total. The van der Waals surface area contributed by atoms with Crippen molar-refractivity contribution in [2.45, 2.75) is 17.7 Å². The van der Waals surface area contributed by atoms with Gasteiger partial charge in [0.15, 0.2) is 5.78 Å². The summed E-state index contributed by atoms with van der Waals surface area (Å²) in [6.07, 6.45) is 1.73. The van der Waals surface area contributed by atoms with Gasteiger partial charge in [-0.2, -0.15) is 4.31 Å². The van der Waals surface area contributed by atoms with Gasteiger partial charge in [-0.1, -0.05) is 35.3 Å². The number of rotatable bonds is 6. The van der Waals surface area contributed by atoms with Crippen LogP contribution in [0.5, 0.6) is 0 Å². The van der Waals surface area contributed by atoms with E-state index < -0.39 is 10.0 Å². The Morgan fingerprint density at radius 2 is 1.77 bits per heavy atom. The van der Waals surface area contributed by atoms with Gasteiger partial charge in [-0.05, 0) is 43.2 Å². The highest BCUT2D eigenvalue weighted by Crippen LogP contribution is 2.25. The molecule has 8 heteroatoms. The molecule has 1 fully saturated rings. The van der Waals surface area contributed by atoms with E-state index in [-0.39, 0.29) is 17.2 Å². The van der Waals surface area contributed by atoms with E-state index in [0.29, 0.717) is 34.4 Å². The topological polar surface area (TPSA) is 66.5 Å². The average molecular weight is 413 g/mol. The zero-order valence-electron chi connectivity index (χ0n) is 13.9. The van der Waals surface area contributed by atoms with E-state index in [1.165, 1.54) is 16.4 Å². The van der Waals surface area contributed by atoms with Crippen LogP contribution in [0.15, 0.2) is 47.4 Å². The minimum Gasteiger partial charge on any atom is -0.378 e. The Morgan fingerprint density at radius 1 is 1.04 bits per heavy atom. The lowest BCUT2D eigenvalue weighted by Gasteiger charge is -2.16. The number of nitrogens with zero attached hydrogens (tertiary/aromatic N) is 1. The van der Waals surface area contributed by atoms with Crippen molar-refractivity contribution < 1.29 is 13.2 Å². The third-order valence-corrected chi connectivity index (χ3v) is 6.87. The van der Waals surface area contributed by atoms with Gasteiger partial charge in [0.25, 0.3) is 0 Å². The van der Waals surface area contributed by atoms with Gasteiger partial charge in [-0.15, -0.1) is 0 Å². The highest BCUT2D eigenvalue weighted by atomic mass is 35.5. The van der Waals surface area contributed by atoms with E-state index in [1.54, 1.807) is 30.3 Å². The lowest BCUT2D eigenvalue weighted by atomic mass is 10.1. The highest BCUT2D eigenvalue weighted by molar-refractivity contribution is 7.89. The zero-order valence-corrected chi connectivity index (χ0v) is 16.2. The van der Waals surface area contributed by atoms with Gasteiger partial charge in [-0.3, -0.25) is 4.79 Å².